The molecule has 33 heavy (non-hydrogen) atoms. The Labute approximate surface area is 197 Å². The van der Waals surface area contributed by atoms with Crippen LogP contribution in [0.15, 0.2) is 69.9 Å². The fourth-order valence-electron chi connectivity index (χ4n) is 3.42. The Morgan fingerprint density at radius 2 is 1.55 bits per heavy atom. The summed E-state index contributed by atoms with van der Waals surface area (Å²) in [4.78, 5) is 13.3. The van der Waals surface area contributed by atoms with Gasteiger partial charge in [-0.25, -0.2) is 0 Å². The van der Waals surface area contributed by atoms with Crippen LogP contribution in [-0.4, -0.2) is 20.3 Å². The molecule has 0 saturated heterocycles. The highest BCUT2D eigenvalue weighted by molar-refractivity contribution is 6.32. The predicted molar refractivity (Wildman–Crippen MR) is 131 cm³/mol. The smallest absolute Gasteiger partial charge is 0.235 e. The molecule has 0 saturated carbocycles. The highest BCUT2D eigenvalue weighted by Gasteiger charge is 2.19. The normalized spacial score (nSPS) is 10.9. The fraction of sp³-hybridized carbons (Fsp3) is 0.222. The van der Waals surface area contributed by atoms with Gasteiger partial charge in [-0.3, -0.25) is 4.79 Å². The highest BCUT2D eigenvalue weighted by atomic mass is 35.5. The zero-order valence-corrected chi connectivity index (χ0v) is 19.6. The van der Waals surface area contributed by atoms with Crippen molar-refractivity contribution in [2.45, 2.75) is 20.3 Å². The molecular formula is C27H25ClO5. The van der Waals surface area contributed by atoms with E-state index in [0.29, 0.717) is 52.7 Å². The van der Waals surface area contributed by atoms with E-state index in [9.17, 15) is 4.79 Å². The summed E-state index contributed by atoms with van der Waals surface area (Å²) in [6, 6.07) is 18.5. The zero-order chi connectivity index (χ0) is 23.4. The van der Waals surface area contributed by atoms with E-state index in [1.54, 1.807) is 19.2 Å². The van der Waals surface area contributed by atoms with Gasteiger partial charge in [0.1, 0.15) is 17.1 Å². The summed E-state index contributed by atoms with van der Waals surface area (Å²) in [6.45, 7) is 4.66. The zero-order valence-electron chi connectivity index (χ0n) is 18.8. The van der Waals surface area contributed by atoms with Gasteiger partial charge in [-0.1, -0.05) is 29.3 Å². The highest BCUT2D eigenvalue weighted by Crippen LogP contribution is 2.33. The molecule has 1 heterocycles. The van der Waals surface area contributed by atoms with Crippen molar-refractivity contribution in [2.75, 3.05) is 20.3 Å². The quantitative estimate of drug-likeness (QED) is 0.275. The van der Waals surface area contributed by atoms with Crippen molar-refractivity contribution in [1.82, 2.24) is 0 Å². The van der Waals surface area contributed by atoms with E-state index < -0.39 is 0 Å². The molecular weight excluding hydrogens is 440 g/mol. The molecule has 0 aliphatic rings. The topological polar surface area (TPSA) is 57.9 Å². The maximum atomic E-state index is 13.3. The molecule has 1 aromatic heterocycles. The van der Waals surface area contributed by atoms with E-state index in [1.807, 2.05) is 62.4 Å². The second-order valence-electron chi connectivity index (χ2n) is 7.78. The standard InChI is InChI=1S/C27H25ClO5/c1-17-5-9-21(10-6-17)31-13-4-14-32-27-25(29)22-16-23(28)18(2)15-24(22)33-26(27)19-7-11-20(30-3)12-8-19/h5-12,15-16H,4,13-14H2,1-3H3. The summed E-state index contributed by atoms with van der Waals surface area (Å²) >= 11 is 6.26. The first kappa shape index (κ1) is 22.7. The van der Waals surface area contributed by atoms with Crippen molar-refractivity contribution in [1.29, 1.82) is 0 Å². The third kappa shape index (κ3) is 5.15. The molecule has 0 radical (unpaired) electrons. The first-order valence-electron chi connectivity index (χ1n) is 10.7. The molecule has 170 valence electrons. The molecule has 0 bridgehead atoms. The van der Waals surface area contributed by atoms with Crippen molar-refractivity contribution < 1.29 is 18.6 Å². The summed E-state index contributed by atoms with van der Waals surface area (Å²) in [5, 5.41) is 0.887. The number of aryl methyl sites for hydroxylation is 2. The Morgan fingerprint density at radius 1 is 0.879 bits per heavy atom. The lowest BCUT2D eigenvalue weighted by molar-refractivity contribution is 0.244. The minimum atomic E-state index is -0.261. The number of benzene rings is 3. The molecule has 4 aromatic rings. The lowest BCUT2D eigenvalue weighted by Gasteiger charge is -2.13. The van der Waals surface area contributed by atoms with Gasteiger partial charge in [0.25, 0.3) is 0 Å². The summed E-state index contributed by atoms with van der Waals surface area (Å²) in [5.74, 6) is 2.04. The van der Waals surface area contributed by atoms with Gasteiger partial charge >= 0.3 is 0 Å². The Kier molecular flexibility index (Phi) is 6.90. The van der Waals surface area contributed by atoms with Gasteiger partial charge in [-0.2, -0.15) is 0 Å². The van der Waals surface area contributed by atoms with E-state index in [0.717, 1.165) is 11.3 Å². The minimum absolute atomic E-state index is 0.155. The molecule has 0 atom stereocenters. The van der Waals surface area contributed by atoms with Gasteiger partial charge in [0.05, 0.1) is 25.7 Å². The number of rotatable bonds is 8. The van der Waals surface area contributed by atoms with Gasteiger partial charge in [0.2, 0.25) is 11.2 Å². The summed E-state index contributed by atoms with van der Waals surface area (Å²) in [5.41, 5.74) is 2.92. The third-order valence-electron chi connectivity index (χ3n) is 5.31. The third-order valence-corrected chi connectivity index (χ3v) is 5.71. The molecule has 4 rings (SSSR count). The SMILES string of the molecule is COc1ccc(-c2oc3cc(C)c(Cl)cc3c(=O)c2OCCCOc2ccc(C)cc2)cc1. The Morgan fingerprint density at radius 3 is 2.24 bits per heavy atom. The largest absolute Gasteiger partial charge is 0.497 e. The van der Waals surface area contributed by atoms with E-state index in [4.69, 9.17) is 30.2 Å². The first-order chi connectivity index (χ1) is 16.0. The van der Waals surface area contributed by atoms with Crippen molar-refractivity contribution in [2.24, 2.45) is 0 Å². The van der Waals surface area contributed by atoms with E-state index in [-0.39, 0.29) is 11.2 Å². The van der Waals surface area contributed by atoms with Crippen molar-refractivity contribution in [3.8, 4) is 28.6 Å². The van der Waals surface area contributed by atoms with Crippen molar-refractivity contribution in [3.63, 3.8) is 0 Å². The molecule has 3 aromatic carbocycles. The van der Waals surface area contributed by atoms with E-state index >= 15 is 0 Å². The lowest BCUT2D eigenvalue weighted by Crippen LogP contribution is -2.13. The van der Waals surface area contributed by atoms with Crippen LogP contribution < -0.4 is 19.6 Å². The van der Waals surface area contributed by atoms with Crippen LogP contribution in [0.25, 0.3) is 22.3 Å². The average Bonchev–Trinajstić information content (AvgIpc) is 2.82. The summed E-state index contributed by atoms with van der Waals surface area (Å²) in [6.07, 6.45) is 0.599. The maximum absolute atomic E-state index is 13.3. The molecule has 6 heteroatoms. The minimum Gasteiger partial charge on any atom is -0.497 e. The molecule has 0 amide bonds. The molecule has 0 aliphatic carbocycles. The second kappa shape index (κ2) is 10.0. The van der Waals surface area contributed by atoms with Crippen molar-refractivity contribution in [3.05, 3.63) is 87.0 Å². The van der Waals surface area contributed by atoms with Crippen LogP contribution in [0, 0.1) is 13.8 Å². The number of methoxy groups -OCH3 is 1. The first-order valence-corrected chi connectivity index (χ1v) is 11.1. The summed E-state index contributed by atoms with van der Waals surface area (Å²) in [7, 11) is 1.60. The molecule has 0 N–H and O–H groups in total. The number of hydrogen-bond donors (Lipinski definition) is 0. The van der Waals surface area contributed by atoms with Crippen LogP contribution in [0.2, 0.25) is 5.02 Å². The predicted octanol–water partition coefficient (Wildman–Crippen LogP) is 6.59. The van der Waals surface area contributed by atoms with Crippen molar-refractivity contribution >= 4 is 22.6 Å². The van der Waals surface area contributed by atoms with Crippen LogP contribution in [0.1, 0.15) is 17.5 Å². The maximum Gasteiger partial charge on any atom is 0.235 e. The molecule has 0 unspecified atom stereocenters. The lowest BCUT2D eigenvalue weighted by atomic mass is 10.1. The molecule has 0 fully saturated rings. The van der Waals surface area contributed by atoms with E-state index in [2.05, 4.69) is 0 Å². The molecule has 0 aliphatic heterocycles. The number of ether oxygens (including phenoxy) is 3. The van der Waals surface area contributed by atoms with Crippen LogP contribution in [0.3, 0.4) is 0 Å². The fourth-order valence-corrected chi connectivity index (χ4v) is 3.58. The van der Waals surface area contributed by atoms with Gasteiger partial charge in [0, 0.05) is 17.0 Å². The van der Waals surface area contributed by atoms with Crippen LogP contribution in [-0.2, 0) is 0 Å². The Balaban J connectivity index is 1.60. The van der Waals surface area contributed by atoms with Gasteiger partial charge in [-0.15, -0.1) is 0 Å². The number of fused-ring (bicyclic) bond motifs is 1. The number of hydrogen-bond acceptors (Lipinski definition) is 5. The number of halogens is 1. The van der Waals surface area contributed by atoms with Crippen LogP contribution >= 0.6 is 11.6 Å². The Hall–Kier alpha value is -3.44. The van der Waals surface area contributed by atoms with E-state index in [1.165, 1.54) is 5.56 Å². The average molecular weight is 465 g/mol. The monoisotopic (exact) mass is 464 g/mol. The van der Waals surface area contributed by atoms with Gasteiger partial charge in [-0.05, 0) is 67.9 Å². The Bertz CT molecular complexity index is 1310. The van der Waals surface area contributed by atoms with Crippen LogP contribution in [0.4, 0.5) is 0 Å². The van der Waals surface area contributed by atoms with Gasteiger partial charge < -0.3 is 18.6 Å². The van der Waals surface area contributed by atoms with Gasteiger partial charge in [0.15, 0.2) is 5.76 Å². The molecule has 5 nitrogen and oxygen atoms in total. The second-order valence-corrected chi connectivity index (χ2v) is 8.19. The molecule has 0 spiro atoms. The summed E-state index contributed by atoms with van der Waals surface area (Å²) < 4.78 is 23.1. The van der Waals surface area contributed by atoms with Crippen LogP contribution in [0.5, 0.6) is 17.2 Å².